The molecule has 2 N–H and O–H groups in total. The second-order valence-electron chi connectivity index (χ2n) is 3.63. The van der Waals surface area contributed by atoms with Crippen molar-refractivity contribution in [3.63, 3.8) is 0 Å². The second kappa shape index (κ2) is 4.59. The highest BCUT2D eigenvalue weighted by atomic mass is 32.1. The maximum atomic E-state index is 5.65. The molecular weight excluding hydrogens is 206 g/mol. The molecule has 0 aliphatic rings. The molecule has 0 radical (unpaired) electrons. The van der Waals surface area contributed by atoms with Crippen molar-refractivity contribution < 1.29 is 0 Å². The quantitative estimate of drug-likeness (QED) is 0.860. The van der Waals surface area contributed by atoms with Gasteiger partial charge in [0.15, 0.2) is 0 Å². The van der Waals surface area contributed by atoms with Gasteiger partial charge in [-0.15, -0.1) is 11.3 Å². The first-order valence-corrected chi connectivity index (χ1v) is 5.92. The normalized spacial score (nSPS) is 12.9. The van der Waals surface area contributed by atoms with Crippen LogP contribution in [0.15, 0.2) is 30.0 Å². The summed E-state index contributed by atoms with van der Waals surface area (Å²) in [6, 6.07) is 4.68. The number of hydrogen-bond donors (Lipinski definition) is 1. The largest absolute Gasteiger partial charge is 0.330 e. The zero-order valence-corrected chi connectivity index (χ0v) is 9.57. The Hall–Kier alpha value is -1.13. The number of aromatic nitrogens is 2. The van der Waals surface area contributed by atoms with E-state index in [-0.39, 0.29) is 0 Å². The summed E-state index contributed by atoms with van der Waals surface area (Å²) >= 11 is 1.80. The molecule has 0 amide bonds. The summed E-state index contributed by atoms with van der Waals surface area (Å²) in [5.74, 6) is 0. The third-order valence-corrected chi connectivity index (χ3v) is 3.41. The molecule has 15 heavy (non-hydrogen) atoms. The molecule has 2 aromatic rings. The van der Waals surface area contributed by atoms with Gasteiger partial charge in [0.2, 0.25) is 0 Å². The fourth-order valence-corrected chi connectivity index (χ4v) is 2.53. The first-order valence-electron chi connectivity index (χ1n) is 5.04. The van der Waals surface area contributed by atoms with E-state index in [0.29, 0.717) is 12.6 Å². The van der Waals surface area contributed by atoms with Gasteiger partial charge in [0, 0.05) is 30.1 Å². The smallest absolute Gasteiger partial charge is 0.0951 e. The summed E-state index contributed by atoms with van der Waals surface area (Å²) in [6.07, 6.45) is 4.74. The zero-order valence-electron chi connectivity index (χ0n) is 8.76. The van der Waals surface area contributed by atoms with Crippen molar-refractivity contribution in [1.29, 1.82) is 0 Å². The molecule has 1 atom stereocenters. The lowest BCUT2D eigenvalue weighted by molar-refractivity contribution is 0.528. The predicted octanol–water partition coefficient (Wildman–Crippen LogP) is 2.21. The Morgan fingerprint density at radius 2 is 2.47 bits per heavy atom. The standard InChI is InChI=1S/C11H15N3S/c1-9(5-11-3-2-4-15-11)14-8-13-7-10(14)6-12/h2-4,7-9H,5-6,12H2,1H3. The number of hydrogen-bond acceptors (Lipinski definition) is 3. The highest BCUT2D eigenvalue weighted by Gasteiger charge is 2.09. The van der Waals surface area contributed by atoms with Gasteiger partial charge in [-0.3, -0.25) is 0 Å². The highest BCUT2D eigenvalue weighted by Crippen LogP contribution is 2.19. The third-order valence-electron chi connectivity index (χ3n) is 2.51. The van der Waals surface area contributed by atoms with E-state index in [4.69, 9.17) is 5.73 Å². The van der Waals surface area contributed by atoms with Gasteiger partial charge >= 0.3 is 0 Å². The lowest BCUT2D eigenvalue weighted by Crippen LogP contribution is -2.12. The molecule has 2 aromatic heterocycles. The molecule has 0 saturated carbocycles. The molecule has 1 unspecified atom stereocenters. The van der Waals surface area contributed by atoms with Crippen molar-refractivity contribution in [2.75, 3.05) is 0 Å². The number of thiophene rings is 1. The van der Waals surface area contributed by atoms with Gasteiger partial charge in [-0.05, 0) is 18.4 Å². The Morgan fingerprint density at radius 1 is 1.60 bits per heavy atom. The predicted molar refractivity (Wildman–Crippen MR) is 62.9 cm³/mol. The third kappa shape index (κ3) is 2.27. The summed E-state index contributed by atoms with van der Waals surface area (Å²) in [7, 11) is 0. The molecule has 0 fully saturated rings. The van der Waals surface area contributed by atoms with Crippen LogP contribution in [0.2, 0.25) is 0 Å². The zero-order chi connectivity index (χ0) is 10.7. The maximum absolute atomic E-state index is 5.65. The van der Waals surface area contributed by atoms with E-state index in [9.17, 15) is 0 Å². The number of nitrogens with two attached hydrogens (primary N) is 1. The van der Waals surface area contributed by atoms with Gasteiger partial charge in [-0.2, -0.15) is 0 Å². The summed E-state index contributed by atoms with van der Waals surface area (Å²) in [6.45, 7) is 2.75. The molecule has 3 nitrogen and oxygen atoms in total. The number of imidazole rings is 1. The fraction of sp³-hybridized carbons (Fsp3) is 0.364. The lowest BCUT2D eigenvalue weighted by atomic mass is 10.2. The van der Waals surface area contributed by atoms with E-state index in [1.54, 1.807) is 11.3 Å². The fourth-order valence-electron chi connectivity index (χ4n) is 1.71. The van der Waals surface area contributed by atoms with E-state index in [1.165, 1.54) is 4.88 Å². The minimum Gasteiger partial charge on any atom is -0.330 e. The molecule has 0 aliphatic carbocycles. The Bertz CT molecular complexity index is 405. The van der Waals surface area contributed by atoms with Crippen LogP contribution in [0.25, 0.3) is 0 Å². The molecule has 2 heterocycles. The van der Waals surface area contributed by atoms with E-state index < -0.39 is 0 Å². The average Bonchev–Trinajstić information content (AvgIpc) is 2.86. The van der Waals surface area contributed by atoms with Crippen LogP contribution >= 0.6 is 11.3 Å². The molecule has 0 aromatic carbocycles. The average molecular weight is 221 g/mol. The van der Waals surface area contributed by atoms with E-state index in [0.717, 1.165) is 12.1 Å². The highest BCUT2D eigenvalue weighted by molar-refractivity contribution is 7.09. The molecule has 0 spiro atoms. The molecule has 2 rings (SSSR count). The SMILES string of the molecule is CC(Cc1cccs1)n1cncc1CN. The van der Waals surface area contributed by atoms with Crippen molar-refractivity contribution in [2.24, 2.45) is 5.73 Å². The van der Waals surface area contributed by atoms with Crippen LogP contribution in [0, 0.1) is 0 Å². The van der Waals surface area contributed by atoms with Crippen LogP contribution in [-0.2, 0) is 13.0 Å². The van der Waals surface area contributed by atoms with Gasteiger partial charge < -0.3 is 10.3 Å². The molecule has 0 saturated heterocycles. The van der Waals surface area contributed by atoms with Crippen molar-refractivity contribution in [3.8, 4) is 0 Å². The van der Waals surface area contributed by atoms with Gasteiger partial charge in [0.25, 0.3) is 0 Å². The summed E-state index contributed by atoms with van der Waals surface area (Å²) in [4.78, 5) is 5.53. The summed E-state index contributed by atoms with van der Waals surface area (Å²) in [5, 5.41) is 2.11. The Labute approximate surface area is 93.6 Å². The summed E-state index contributed by atoms with van der Waals surface area (Å²) in [5.41, 5.74) is 6.74. The Balaban J connectivity index is 2.11. The monoisotopic (exact) mass is 221 g/mol. The van der Waals surface area contributed by atoms with Crippen molar-refractivity contribution in [1.82, 2.24) is 9.55 Å². The van der Waals surface area contributed by atoms with Gasteiger partial charge in [-0.1, -0.05) is 6.07 Å². The maximum Gasteiger partial charge on any atom is 0.0951 e. The van der Waals surface area contributed by atoms with Gasteiger partial charge in [0.05, 0.1) is 12.0 Å². The van der Waals surface area contributed by atoms with Crippen LogP contribution < -0.4 is 5.73 Å². The van der Waals surface area contributed by atoms with E-state index in [2.05, 4.69) is 34.0 Å². The molecule has 0 bridgehead atoms. The second-order valence-corrected chi connectivity index (χ2v) is 4.66. The first kappa shape index (κ1) is 10.4. The first-order chi connectivity index (χ1) is 7.31. The molecule has 80 valence electrons. The van der Waals surface area contributed by atoms with Gasteiger partial charge in [-0.25, -0.2) is 4.98 Å². The number of rotatable bonds is 4. The van der Waals surface area contributed by atoms with Crippen LogP contribution in [0.4, 0.5) is 0 Å². The van der Waals surface area contributed by atoms with Crippen molar-refractivity contribution >= 4 is 11.3 Å². The molecular formula is C11H15N3S. The molecule has 0 aliphatic heterocycles. The Morgan fingerprint density at radius 3 is 3.13 bits per heavy atom. The van der Waals surface area contributed by atoms with Crippen LogP contribution in [-0.4, -0.2) is 9.55 Å². The Kier molecular flexibility index (Phi) is 3.18. The van der Waals surface area contributed by atoms with Crippen LogP contribution in [0.5, 0.6) is 0 Å². The topological polar surface area (TPSA) is 43.8 Å². The van der Waals surface area contributed by atoms with Crippen molar-refractivity contribution in [2.45, 2.75) is 25.9 Å². The lowest BCUT2D eigenvalue weighted by Gasteiger charge is -2.14. The van der Waals surface area contributed by atoms with E-state index >= 15 is 0 Å². The van der Waals surface area contributed by atoms with Gasteiger partial charge in [0.1, 0.15) is 0 Å². The van der Waals surface area contributed by atoms with Crippen LogP contribution in [0.3, 0.4) is 0 Å². The van der Waals surface area contributed by atoms with Crippen LogP contribution in [0.1, 0.15) is 23.5 Å². The van der Waals surface area contributed by atoms with E-state index in [1.807, 2.05) is 12.5 Å². The minimum atomic E-state index is 0.421. The molecule has 4 heteroatoms. The minimum absolute atomic E-state index is 0.421. The summed E-state index contributed by atoms with van der Waals surface area (Å²) < 4.78 is 2.15. The van der Waals surface area contributed by atoms with Crippen molar-refractivity contribution in [3.05, 3.63) is 40.6 Å². The number of nitrogens with zero attached hydrogens (tertiary/aromatic N) is 2.